The molecule has 0 aliphatic carbocycles. The molecule has 0 radical (unpaired) electrons. The molecule has 1 rings (SSSR count). The normalized spacial score (nSPS) is 11.8. The third kappa shape index (κ3) is 2.45. The lowest BCUT2D eigenvalue weighted by molar-refractivity contribution is 0.622. The lowest BCUT2D eigenvalue weighted by atomic mass is 10.1. The Balaban J connectivity index is 2.86. The van der Waals surface area contributed by atoms with Gasteiger partial charge in [-0.2, -0.15) is 0 Å². The van der Waals surface area contributed by atoms with E-state index in [4.69, 9.17) is 11.3 Å². The molecule has 0 saturated carbocycles. The predicted molar refractivity (Wildman–Crippen MR) is 51.2 cm³/mol. The van der Waals surface area contributed by atoms with Gasteiger partial charge in [0.05, 0.1) is 6.17 Å². The molecule has 1 unspecified atom stereocenters. The Hall–Kier alpha value is -1.55. The van der Waals surface area contributed by atoms with E-state index >= 15 is 0 Å². The van der Waals surface area contributed by atoms with Crippen LogP contribution in [0.5, 0.6) is 0 Å². The van der Waals surface area contributed by atoms with Gasteiger partial charge in [0.15, 0.2) is 0 Å². The van der Waals surface area contributed by atoms with E-state index in [1.54, 1.807) is 19.2 Å². The van der Waals surface area contributed by atoms with E-state index in [1.165, 1.54) is 0 Å². The highest BCUT2D eigenvalue weighted by atomic mass is 15.1. The zero-order valence-corrected chi connectivity index (χ0v) is 7.31. The van der Waals surface area contributed by atoms with Crippen molar-refractivity contribution < 1.29 is 0 Å². The van der Waals surface area contributed by atoms with Crippen LogP contribution in [0.2, 0.25) is 0 Å². The highest BCUT2D eigenvalue weighted by Gasteiger charge is 2.00. The molecule has 0 heterocycles. The number of nitrogens with two attached hydrogens (primary N) is 1. The van der Waals surface area contributed by atoms with Crippen LogP contribution < -0.4 is 11.1 Å². The molecular weight excluding hydrogens is 166 g/mol. The molecule has 0 aliphatic heterocycles. The molecule has 0 bridgehead atoms. The van der Waals surface area contributed by atoms with Crippen LogP contribution in [0.25, 0.3) is 10.4 Å². The molecule has 5 nitrogen and oxygen atoms in total. The van der Waals surface area contributed by atoms with Crippen LogP contribution >= 0.6 is 0 Å². The predicted octanol–water partition coefficient (Wildman–Crippen LogP) is 1.81. The lowest BCUT2D eigenvalue weighted by Crippen LogP contribution is -2.24. The highest BCUT2D eigenvalue weighted by molar-refractivity contribution is 5.39. The van der Waals surface area contributed by atoms with Gasteiger partial charge >= 0.3 is 0 Å². The zero-order valence-electron chi connectivity index (χ0n) is 7.31. The average molecular weight is 177 g/mol. The highest BCUT2D eigenvalue weighted by Crippen LogP contribution is 2.15. The van der Waals surface area contributed by atoms with Crippen LogP contribution in [0.4, 0.5) is 5.69 Å². The van der Waals surface area contributed by atoms with Crippen LogP contribution in [0.15, 0.2) is 29.4 Å². The van der Waals surface area contributed by atoms with E-state index in [0.29, 0.717) is 5.69 Å². The second kappa shape index (κ2) is 4.47. The van der Waals surface area contributed by atoms with Crippen molar-refractivity contribution in [1.82, 2.24) is 5.32 Å². The molecule has 0 fully saturated rings. The van der Waals surface area contributed by atoms with E-state index in [0.717, 1.165) is 5.56 Å². The summed E-state index contributed by atoms with van der Waals surface area (Å²) in [6.45, 7) is 0. The summed E-state index contributed by atoms with van der Waals surface area (Å²) >= 11 is 0. The maximum Gasteiger partial charge on any atom is 0.0807 e. The molecule has 13 heavy (non-hydrogen) atoms. The summed E-state index contributed by atoms with van der Waals surface area (Å²) in [7, 11) is 1.78. The second-order valence-corrected chi connectivity index (χ2v) is 2.55. The Labute approximate surface area is 76.2 Å². The van der Waals surface area contributed by atoms with E-state index in [9.17, 15) is 0 Å². The van der Waals surface area contributed by atoms with Gasteiger partial charge in [-0.1, -0.05) is 29.4 Å². The summed E-state index contributed by atoms with van der Waals surface area (Å²) in [4.78, 5) is 2.68. The molecule has 0 saturated heterocycles. The largest absolute Gasteiger partial charge is 0.312 e. The Morgan fingerprint density at radius 3 is 2.54 bits per heavy atom. The molecule has 1 atom stereocenters. The fourth-order valence-corrected chi connectivity index (χ4v) is 0.967. The SMILES string of the molecule is CNC(N)c1ccc(N=[N+]=[N-])cc1. The summed E-state index contributed by atoms with van der Waals surface area (Å²) in [6.07, 6.45) is -0.180. The topological polar surface area (TPSA) is 86.8 Å². The zero-order chi connectivity index (χ0) is 9.68. The summed E-state index contributed by atoms with van der Waals surface area (Å²) in [5.74, 6) is 0. The van der Waals surface area contributed by atoms with Gasteiger partial charge in [-0.3, -0.25) is 0 Å². The molecule has 0 spiro atoms. The van der Waals surface area contributed by atoms with Gasteiger partial charge in [0.2, 0.25) is 0 Å². The molecule has 0 aliphatic rings. The smallest absolute Gasteiger partial charge is 0.0807 e. The molecule has 1 aromatic carbocycles. The van der Waals surface area contributed by atoms with Crippen molar-refractivity contribution in [2.24, 2.45) is 10.8 Å². The lowest BCUT2D eigenvalue weighted by Gasteiger charge is -2.09. The molecule has 68 valence electrons. The number of nitrogens with zero attached hydrogens (tertiary/aromatic N) is 3. The first-order valence-electron chi connectivity index (χ1n) is 3.86. The summed E-state index contributed by atoms with van der Waals surface area (Å²) in [6, 6.07) is 7.11. The molecule has 1 aromatic rings. The minimum atomic E-state index is -0.180. The van der Waals surface area contributed by atoms with Crippen molar-refractivity contribution in [3.63, 3.8) is 0 Å². The van der Waals surface area contributed by atoms with Gasteiger partial charge in [-0.25, -0.2) is 0 Å². The van der Waals surface area contributed by atoms with E-state index < -0.39 is 0 Å². The number of rotatable bonds is 3. The molecule has 5 heteroatoms. The van der Waals surface area contributed by atoms with Crippen LogP contribution in [-0.4, -0.2) is 7.05 Å². The number of hydrogen-bond donors (Lipinski definition) is 2. The van der Waals surface area contributed by atoms with Crippen molar-refractivity contribution in [3.8, 4) is 0 Å². The van der Waals surface area contributed by atoms with Gasteiger partial charge in [0.1, 0.15) is 0 Å². The van der Waals surface area contributed by atoms with E-state index in [-0.39, 0.29) is 6.17 Å². The van der Waals surface area contributed by atoms with Crippen molar-refractivity contribution in [3.05, 3.63) is 40.3 Å². The second-order valence-electron chi connectivity index (χ2n) is 2.55. The van der Waals surface area contributed by atoms with Crippen LogP contribution in [0.1, 0.15) is 11.7 Å². The number of benzene rings is 1. The first-order valence-corrected chi connectivity index (χ1v) is 3.86. The van der Waals surface area contributed by atoms with Crippen molar-refractivity contribution in [1.29, 1.82) is 0 Å². The third-order valence-electron chi connectivity index (χ3n) is 1.72. The molecule has 0 aromatic heterocycles. The van der Waals surface area contributed by atoms with Crippen LogP contribution in [0, 0.1) is 0 Å². The van der Waals surface area contributed by atoms with Crippen molar-refractivity contribution in [2.75, 3.05) is 7.05 Å². The van der Waals surface area contributed by atoms with Crippen LogP contribution in [-0.2, 0) is 0 Å². The standard InChI is InChI=1S/C8H11N5/c1-11-8(9)6-2-4-7(5-3-6)12-13-10/h2-5,8,11H,9H2,1H3. The minimum absolute atomic E-state index is 0.180. The van der Waals surface area contributed by atoms with Gasteiger partial charge in [-0.15, -0.1) is 0 Å². The van der Waals surface area contributed by atoms with Gasteiger partial charge in [0, 0.05) is 10.6 Å². The average Bonchev–Trinajstić information content (AvgIpc) is 2.18. The van der Waals surface area contributed by atoms with E-state index in [2.05, 4.69) is 15.3 Å². The van der Waals surface area contributed by atoms with E-state index in [1.807, 2.05) is 12.1 Å². The first-order chi connectivity index (χ1) is 6.27. The Kier molecular flexibility index (Phi) is 3.28. The first kappa shape index (κ1) is 9.54. The number of nitrogens with one attached hydrogen (secondary N) is 1. The Bertz CT molecular complexity index is 312. The van der Waals surface area contributed by atoms with Gasteiger partial charge in [0.25, 0.3) is 0 Å². The summed E-state index contributed by atoms with van der Waals surface area (Å²) in [5.41, 5.74) is 15.4. The summed E-state index contributed by atoms with van der Waals surface area (Å²) < 4.78 is 0. The summed E-state index contributed by atoms with van der Waals surface area (Å²) in [5, 5.41) is 6.36. The Morgan fingerprint density at radius 1 is 1.46 bits per heavy atom. The van der Waals surface area contributed by atoms with Crippen molar-refractivity contribution >= 4 is 5.69 Å². The van der Waals surface area contributed by atoms with Gasteiger partial charge in [-0.05, 0) is 18.1 Å². The third-order valence-corrected chi connectivity index (χ3v) is 1.72. The number of hydrogen-bond acceptors (Lipinski definition) is 3. The maximum atomic E-state index is 8.17. The van der Waals surface area contributed by atoms with Crippen LogP contribution in [0.3, 0.4) is 0 Å². The minimum Gasteiger partial charge on any atom is -0.312 e. The molecular formula is C8H11N5. The molecule has 0 amide bonds. The number of azide groups is 1. The Morgan fingerprint density at radius 2 is 2.08 bits per heavy atom. The fourth-order valence-electron chi connectivity index (χ4n) is 0.967. The van der Waals surface area contributed by atoms with Crippen molar-refractivity contribution in [2.45, 2.75) is 6.17 Å². The monoisotopic (exact) mass is 177 g/mol. The molecule has 3 N–H and O–H groups in total. The maximum absolute atomic E-state index is 8.17. The quantitative estimate of drug-likeness (QED) is 0.319. The van der Waals surface area contributed by atoms with Gasteiger partial charge < -0.3 is 11.1 Å². The fraction of sp³-hybridized carbons (Fsp3) is 0.250.